The molecule has 0 saturated carbocycles. The molecule has 4 aromatic rings. The van der Waals surface area contributed by atoms with Gasteiger partial charge in [0.15, 0.2) is 17.3 Å². The molecule has 0 saturated heterocycles. The fourth-order valence-electron chi connectivity index (χ4n) is 3.11. The highest BCUT2D eigenvalue weighted by Crippen LogP contribution is 2.36. The molecule has 4 rings (SSSR count). The van der Waals surface area contributed by atoms with E-state index in [0.29, 0.717) is 33.6 Å². The number of fused-ring (bicyclic) bond motifs is 1. The number of benzene rings is 2. The van der Waals surface area contributed by atoms with Crippen LogP contribution in [0.3, 0.4) is 0 Å². The third-order valence-corrected chi connectivity index (χ3v) is 5.32. The second-order valence-corrected chi connectivity index (χ2v) is 7.12. The number of hydrogen-bond acceptors (Lipinski definition) is 6. The van der Waals surface area contributed by atoms with Gasteiger partial charge in [-0.15, -0.1) is 0 Å². The molecule has 0 aliphatic rings. The van der Waals surface area contributed by atoms with Crippen molar-refractivity contribution in [3.05, 3.63) is 74.8 Å². The van der Waals surface area contributed by atoms with Crippen molar-refractivity contribution in [2.45, 2.75) is 0 Å². The number of ether oxygens (including phenoxy) is 3. The van der Waals surface area contributed by atoms with Gasteiger partial charge in [-0.1, -0.05) is 11.8 Å². The Kier molecular flexibility index (Phi) is 5.46. The molecular weight excluding hydrogens is 400 g/mol. The molecule has 6 heteroatoms. The highest BCUT2D eigenvalue weighted by molar-refractivity contribution is 7.08. The minimum absolute atomic E-state index is 0.380. The Morgan fingerprint density at radius 1 is 0.867 bits per heavy atom. The SMILES string of the molecule is COc1ccc(C#Cc2c(-c3ccsc3)oc(=O)c3cc(OC)c(OC)cc23)cc1. The zero-order valence-corrected chi connectivity index (χ0v) is 17.5. The van der Waals surface area contributed by atoms with Gasteiger partial charge < -0.3 is 18.6 Å². The summed E-state index contributed by atoms with van der Waals surface area (Å²) in [6.45, 7) is 0. The average Bonchev–Trinajstić information content (AvgIpc) is 3.32. The van der Waals surface area contributed by atoms with Crippen molar-refractivity contribution in [2.75, 3.05) is 21.3 Å². The Balaban J connectivity index is 1.99. The molecule has 0 aliphatic heterocycles. The minimum Gasteiger partial charge on any atom is -0.497 e. The van der Waals surface area contributed by atoms with Gasteiger partial charge in [-0.05, 0) is 47.8 Å². The molecule has 0 aliphatic carbocycles. The van der Waals surface area contributed by atoms with Gasteiger partial charge in [-0.2, -0.15) is 11.3 Å². The highest BCUT2D eigenvalue weighted by atomic mass is 32.1. The van der Waals surface area contributed by atoms with Crippen LogP contribution in [0, 0.1) is 11.8 Å². The van der Waals surface area contributed by atoms with Crippen LogP contribution >= 0.6 is 11.3 Å². The maximum absolute atomic E-state index is 12.7. The predicted octanol–water partition coefficient (Wildman–Crippen LogP) is 4.95. The van der Waals surface area contributed by atoms with Crippen LogP contribution < -0.4 is 19.8 Å². The third kappa shape index (κ3) is 3.63. The van der Waals surface area contributed by atoms with Crippen LogP contribution in [-0.2, 0) is 0 Å². The van der Waals surface area contributed by atoms with Crippen molar-refractivity contribution in [3.8, 4) is 40.4 Å². The molecule has 2 aromatic heterocycles. The zero-order chi connectivity index (χ0) is 21.1. The van der Waals surface area contributed by atoms with E-state index >= 15 is 0 Å². The normalized spacial score (nSPS) is 10.4. The first-order valence-corrected chi connectivity index (χ1v) is 10.0. The first-order chi connectivity index (χ1) is 14.6. The summed E-state index contributed by atoms with van der Waals surface area (Å²) in [5.41, 5.74) is 1.77. The third-order valence-electron chi connectivity index (χ3n) is 4.64. The van der Waals surface area contributed by atoms with E-state index < -0.39 is 5.63 Å². The maximum atomic E-state index is 12.7. The molecule has 0 bridgehead atoms. The Morgan fingerprint density at radius 2 is 1.57 bits per heavy atom. The van der Waals surface area contributed by atoms with E-state index in [-0.39, 0.29) is 0 Å². The van der Waals surface area contributed by atoms with E-state index in [1.165, 1.54) is 18.4 Å². The Labute approximate surface area is 177 Å². The number of hydrogen-bond donors (Lipinski definition) is 0. The molecule has 0 atom stereocenters. The van der Waals surface area contributed by atoms with Gasteiger partial charge in [0, 0.05) is 21.9 Å². The largest absolute Gasteiger partial charge is 0.497 e. The minimum atomic E-state index is -0.456. The van der Waals surface area contributed by atoms with E-state index in [4.69, 9.17) is 18.6 Å². The maximum Gasteiger partial charge on any atom is 0.344 e. The molecule has 150 valence electrons. The summed E-state index contributed by atoms with van der Waals surface area (Å²) in [6.07, 6.45) is 0. The van der Waals surface area contributed by atoms with Crippen LogP contribution in [-0.4, -0.2) is 21.3 Å². The average molecular weight is 418 g/mol. The zero-order valence-electron chi connectivity index (χ0n) is 16.6. The smallest absolute Gasteiger partial charge is 0.344 e. The fourth-order valence-corrected chi connectivity index (χ4v) is 3.74. The summed E-state index contributed by atoms with van der Waals surface area (Å²) in [4.78, 5) is 12.7. The molecule has 0 fully saturated rings. The Morgan fingerprint density at radius 3 is 2.17 bits per heavy atom. The number of methoxy groups -OCH3 is 3. The van der Waals surface area contributed by atoms with Crippen molar-refractivity contribution < 1.29 is 18.6 Å². The lowest BCUT2D eigenvalue weighted by atomic mass is 10.0. The van der Waals surface area contributed by atoms with Crippen LogP contribution in [0.15, 0.2) is 62.4 Å². The summed E-state index contributed by atoms with van der Waals surface area (Å²) >= 11 is 1.52. The van der Waals surface area contributed by atoms with Gasteiger partial charge in [0.25, 0.3) is 0 Å². The quantitative estimate of drug-likeness (QED) is 0.439. The highest BCUT2D eigenvalue weighted by Gasteiger charge is 2.18. The Hall–Kier alpha value is -3.69. The van der Waals surface area contributed by atoms with Crippen molar-refractivity contribution in [1.29, 1.82) is 0 Å². The Bertz CT molecular complexity index is 1310. The van der Waals surface area contributed by atoms with Crippen LogP contribution in [0.1, 0.15) is 11.1 Å². The van der Waals surface area contributed by atoms with Crippen molar-refractivity contribution in [3.63, 3.8) is 0 Å². The first-order valence-electron chi connectivity index (χ1n) is 9.06. The van der Waals surface area contributed by atoms with Crippen molar-refractivity contribution in [1.82, 2.24) is 0 Å². The number of thiophene rings is 1. The second kappa shape index (κ2) is 8.36. The van der Waals surface area contributed by atoms with Crippen LogP contribution in [0.5, 0.6) is 17.2 Å². The monoisotopic (exact) mass is 418 g/mol. The summed E-state index contributed by atoms with van der Waals surface area (Å²) in [5.74, 6) is 8.51. The van der Waals surface area contributed by atoms with E-state index in [1.54, 1.807) is 26.4 Å². The standard InChI is InChI=1S/C24H18O5S/c1-26-17-7-4-15(5-8-17)6-9-18-19-12-21(27-2)22(28-3)13-20(19)24(25)29-23(18)16-10-11-30-14-16/h4-5,7-8,10-14H,1-3H3. The van der Waals surface area contributed by atoms with Gasteiger partial charge in [0.05, 0.1) is 32.3 Å². The van der Waals surface area contributed by atoms with E-state index in [9.17, 15) is 4.79 Å². The summed E-state index contributed by atoms with van der Waals surface area (Å²) in [7, 11) is 4.70. The van der Waals surface area contributed by atoms with Crippen LogP contribution in [0.4, 0.5) is 0 Å². The predicted molar refractivity (Wildman–Crippen MR) is 118 cm³/mol. The lowest BCUT2D eigenvalue weighted by molar-refractivity contribution is 0.355. The lowest BCUT2D eigenvalue weighted by Crippen LogP contribution is -2.04. The molecule has 30 heavy (non-hydrogen) atoms. The molecule has 0 N–H and O–H groups in total. The van der Waals surface area contributed by atoms with Gasteiger partial charge in [-0.25, -0.2) is 4.79 Å². The number of rotatable bonds is 4. The molecule has 0 spiro atoms. The fraction of sp³-hybridized carbons (Fsp3) is 0.125. The molecular formula is C24H18O5S. The van der Waals surface area contributed by atoms with Gasteiger partial charge >= 0.3 is 5.63 Å². The first kappa shape index (κ1) is 19.6. The summed E-state index contributed by atoms with van der Waals surface area (Å²) in [6, 6.07) is 12.7. The molecule has 2 heterocycles. The summed E-state index contributed by atoms with van der Waals surface area (Å²) < 4.78 is 21.7. The van der Waals surface area contributed by atoms with E-state index in [1.807, 2.05) is 41.1 Å². The molecule has 0 unspecified atom stereocenters. The van der Waals surface area contributed by atoms with E-state index in [2.05, 4.69) is 11.8 Å². The lowest BCUT2D eigenvalue weighted by Gasteiger charge is -2.11. The summed E-state index contributed by atoms with van der Waals surface area (Å²) in [5, 5.41) is 4.87. The van der Waals surface area contributed by atoms with Gasteiger partial charge in [-0.3, -0.25) is 0 Å². The molecule has 0 radical (unpaired) electrons. The second-order valence-electron chi connectivity index (χ2n) is 6.34. The van der Waals surface area contributed by atoms with Crippen LogP contribution in [0.2, 0.25) is 0 Å². The van der Waals surface area contributed by atoms with Crippen molar-refractivity contribution in [2.24, 2.45) is 0 Å². The van der Waals surface area contributed by atoms with Gasteiger partial charge in [0.2, 0.25) is 0 Å². The van der Waals surface area contributed by atoms with Crippen molar-refractivity contribution >= 4 is 22.1 Å². The molecule has 0 amide bonds. The molecule has 5 nitrogen and oxygen atoms in total. The topological polar surface area (TPSA) is 57.9 Å². The molecule has 2 aromatic carbocycles. The van der Waals surface area contributed by atoms with Crippen LogP contribution in [0.25, 0.3) is 22.1 Å². The van der Waals surface area contributed by atoms with Gasteiger partial charge in [0.1, 0.15) is 5.75 Å². The van der Waals surface area contributed by atoms with E-state index in [0.717, 1.165) is 16.9 Å².